The van der Waals surface area contributed by atoms with Crippen LogP contribution in [0.2, 0.25) is 0 Å². The Morgan fingerprint density at radius 1 is 1.72 bits per heavy atom. The number of nitrogens with zero attached hydrogens (tertiary/aromatic N) is 2. The molecule has 1 aliphatic heterocycles. The standard InChI is InChI=1S/C11H17N3O3S/c1-7(2)16-5-10-17-9(6-18-10)14-4-3-8(12)13-11(14)15/h3-4,7,9-10H,5-6H2,1-2H3,(H2,12,13,15)/t9?,10-/m1/s1. The van der Waals surface area contributed by atoms with Crippen LogP contribution in [0.1, 0.15) is 20.1 Å². The van der Waals surface area contributed by atoms with Gasteiger partial charge < -0.3 is 15.2 Å². The predicted molar refractivity (Wildman–Crippen MR) is 70.4 cm³/mol. The van der Waals surface area contributed by atoms with Crippen LogP contribution < -0.4 is 11.4 Å². The minimum atomic E-state index is -0.383. The molecule has 1 aromatic rings. The average molecular weight is 271 g/mol. The van der Waals surface area contributed by atoms with E-state index in [1.807, 2.05) is 13.8 Å². The second-order valence-corrected chi connectivity index (χ2v) is 5.47. The van der Waals surface area contributed by atoms with Crippen molar-refractivity contribution in [1.29, 1.82) is 0 Å². The third-order valence-corrected chi connectivity index (χ3v) is 3.56. The molecule has 1 unspecified atom stereocenters. The van der Waals surface area contributed by atoms with Gasteiger partial charge in [0.1, 0.15) is 17.5 Å². The summed E-state index contributed by atoms with van der Waals surface area (Å²) >= 11 is 1.63. The summed E-state index contributed by atoms with van der Waals surface area (Å²) in [5.74, 6) is 0.930. The van der Waals surface area contributed by atoms with Crippen LogP contribution in [0.25, 0.3) is 0 Å². The first kappa shape index (κ1) is 13.4. The van der Waals surface area contributed by atoms with Crippen molar-refractivity contribution in [2.24, 2.45) is 0 Å². The highest BCUT2D eigenvalue weighted by Crippen LogP contribution is 2.31. The van der Waals surface area contributed by atoms with Gasteiger partial charge in [0, 0.05) is 11.9 Å². The molecule has 1 aromatic heterocycles. The largest absolute Gasteiger partial charge is 0.383 e. The Bertz CT molecular complexity index is 463. The summed E-state index contributed by atoms with van der Waals surface area (Å²) < 4.78 is 12.7. The summed E-state index contributed by atoms with van der Waals surface area (Å²) in [7, 11) is 0. The van der Waals surface area contributed by atoms with Gasteiger partial charge in [-0.2, -0.15) is 4.98 Å². The number of nitrogen functional groups attached to an aromatic ring is 1. The van der Waals surface area contributed by atoms with E-state index < -0.39 is 0 Å². The van der Waals surface area contributed by atoms with Gasteiger partial charge in [0.05, 0.1) is 12.7 Å². The lowest BCUT2D eigenvalue weighted by atomic mass is 10.5. The number of anilines is 1. The SMILES string of the molecule is CC(C)OC[C@@H]1OC(n2ccc(N)nc2=O)CS1. The first-order valence-electron chi connectivity index (χ1n) is 5.79. The number of hydrogen-bond acceptors (Lipinski definition) is 6. The third kappa shape index (κ3) is 3.24. The van der Waals surface area contributed by atoms with Crippen molar-refractivity contribution in [2.45, 2.75) is 31.6 Å². The monoisotopic (exact) mass is 271 g/mol. The maximum atomic E-state index is 11.7. The first-order valence-corrected chi connectivity index (χ1v) is 6.84. The fourth-order valence-corrected chi connectivity index (χ4v) is 2.59. The summed E-state index contributed by atoms with van der Waals surface area (Å²) in [5.41, 5.74) is 5.02. The average Bonchev–Trinajstić information content (AvgIpc) is 2.75. The van der Waals surface area contributed by atoms with E-state index in [0.717, 1.165) is 0 Å². The fourth-order valence-electron chi connectivity index (χ4n) is 1.59. The molecule has 2 rings (SSSR count). The van der Waals surface area contributed by atoms with Crippen LogP contribution in [0, 0.1) is 0 Å². The summed E-state index contributed by atoms with van der Waals surface area (Å²) in [6, 6.07) is 1.59. The van der Waals surface area contributed by atoms with Gasteiger partial charge in [-0.15, -0.1) is 11.8 Å². The van der Waals surface area contributed by atoms with E-state index in [2.05, 4.69) is 4.98 Å². The van der Waals surface area contributed by atoms with E-state index in [1.54, 1.807) is 24.0 Å². The molecule has 2 N–H and O–H groups in total. The fraction of sp³-hybridized carbons (Fsp3) is 0.636. The molecule has 0 saturated carbocycles. The molecule has 1 saturated heterocycles. The normalized spacial score (nSPS) is 23.7. The van der Waals surface area contributed by atoms with E-state index in [9.17, 15) is 4.79 Å². The molecule has 6 nitrogen and oxygen atoms in total. The topological polar surface area (TPSA) is 79.4 Å². The Morgan fingerprint density at radius 3 is 3.17 bits per heavy atom. The molecule has 0 aromatic carbocycles. The molecule has 0 spiro atoms. The van der Waals surface area contributed by atoms with Gasteiger partial charge in [-0.3, -0.25) is 4.57 Å². The molecule has 2 heterocycles. The lowest BCUT2D eigenvalue weighted by Crippen LogP contribution is -2.29. The molecule has 0 radical (unpaired) electrons. The summed E-state index contributed by atoms with van der Waals surface area (Å²) in [6.07, 6.45) is 1.49. The zero-order chi connectivity index (χ0) is 13.1. The van der Waals surface area contributed by atoms with Crippen molar-refractivity contribution in [3.63, 3.8) is 0 Å². The molecule has 2 atom stereocenters. The van der Waals surface area contributed by atoms with Crippen molar-refractivity contribution in [3.05, 3.63) is 22.7 Å². The molecule has 0 bridgehead atoms. The Hall–Kier alpha value is -1.05. The van der Waals surface area contributed by atoms with Crippen LogP contribution in [0.3, 0.4) is 0 Å². The van der Waals surface area contributed by atoms with E-state index in [4.69, 9.17) is 15.2 Å². The minimum Gasteiger partial charge on any atom is -0.383 e. The predicted octanol–water partition coefficient (Wildman–Crippen LogP) is 0.839. The maximum Gasteiger partial charge on any atom is 0.351 e. The molecule has 1 fully saturated rings. The highest BCUT2D eigenvalue weighted by molar-refractivity contribution is 8.00. The van der Waals surface area contributed by atoms with Gasteiger partial charge in [-0.1, -0.05) is 0 Å². The number of rotatable bonds is 4. The minimum absolute atomic E-state index is 0.0400. The molecule has 100 valence electrons. The first-order chi connectivity index (χ1) is 8.56. The summed E-state index contributed by atoms with van der Waals surface area (Å²) in [5, 5.41) is 0. The van der Waals surface area contributed by atoms with Crippen LogP contribution >= 0.6 is 11.8 Å². The second kappa shape index (κ2) is 5.73. The molecule has 0 aliphatic carbocycles. The molecule has 0 amide bonds. The smallest absolute Gasteiger partial charge is 0.351 e. The zero-order valence-electron chi connectivity index (χ0n) is 10.4. The number of nitrogens with two attached hydrogens (primary N) is 1. The summed E-state index contributed by atoms with van der Waals surface area (Å²) in [4.78, 5) is 15.3. The van der Waals surface area contributed by atoms with Crippen molar-refractivity contribution in [3.8, 4) is 0 Å². The van der Waals surface area contributed by atoms with Crippen molar-refractivity contribution in [2.75, 3.05) is 18.1 Å². The van der Waals surface area contributed by atoms with E-state index in [0.29, 0.717) is 12.4 Å². The Labute approximate surface area is 109 Å². The van der Waals surface area contributed by atoms with E-state index in [1.165, 1.54) is 4.57 Å². The number of ether oxygens (including phenoxy) is 2. The van der Waals surface area contributed by atoms with Crippen LogP contribution in [0.5, 0.6) is 0 Å². The molecule has 18 heavy (non-hydrogen) atoms. The van der Waals surface area contributed by atoms with Crippen LogP contribution in [-0.4, -0.2) is 33.5 Å². The molecule has 7 heteroatoms. The zero-order valence-corrected chi connectivity index (χ0v) is 11.2. The number of hydrogen-bond donors (Lipinski definition) is 1. The van der Waals surface area contributed by atoms with Gasteiger partial charge >= 0.3 is 5.69 Å². The lowest BCUT2D eigenvalue weighted by molar-refractivity contribution is -0.0377. The number of thioether (sulfide) groups is 1. The molecular weight excluding hydrogens is 254 g/mol. The van der Waals surface area contributed by atoms with E-state index >= 15 is 0 Å². The highest BCUT2D eigenvalue weighted by atomic mass is 32.2. The van der Waals surface area contributed by atoms with Gasteiger partial charge in [0.15, 0.2) is 0 Å². The second-order valence-electron chi connectivity index (χ2n) is 4.28. The third-order valence-electron chi connectivity index (χ3n) is 2.46. The van der Waals surface area contributed by atoms with E-state index in [-0.39, 0.29) is 29.3 Å². The van der Waals surface area contributed by atoms with Crippen LogP contribution in [-0.2, 0) is 9.47 Å². The summed E-state index contributed by atoms with van der Waals surface area (Å²) in [6.45, 7) is 4.48. The van der Waals surface area contributed by atoms with Gasteiger partial charge in [0.25, 0.3) is 0 Å². The van der Waals surface area contributed by atoms with Crippen LogP contribution in [0.15, 0.2) is 17.1 Å². The number of aromatic nitrogens is 2. The van der Waals surface area contributed by atoms with Gasteiger partial charge in [-0.25, -0.2) is 4.79 Å². The van der Waals surface area contributed by atoms with Crippen molar-refractivity contribution in [1.82, 2.24) is 9.55 Å². The van der Waals surface area contributed by atoms with Gasteiger partial charge in [0.2, 0.25) is 0 Å². The van der Waals surface area contributed by atoms with Crippen molar-refractivity contribution >= 4 is 17.6 Å². The highest BCUT2D eigenvalue weighted by Gasteiger charge is 2.28. The Morgan fingerprint density at radius 2 is 2.50 bits per heavy atom. The quantitative estimate of drug-likeness (QED) is 0.874. The van der Waals surface area contributed by atoms with Gasteiger partial charge in [-0.05, 0) is 19.9 Å². The molecular formula is C11H17N3O3S. The Kier molecular flexibility index (Phi) is 4.26. The van der Waals surface area contributed by atoms with Crippen molar-refractivity contribution < 1.29 is 9.47 Å². The Balaban J connectivity index is 1.98. The maximum absolute atomic E-state index is 11.7. The molecule has 1 aliphatic rings. The lowest BCUT2D eigenvalue weighted by Gasteiger charge is -2.15. The van der Waals surface area contributed by atoms with Crippen LogP contribution in [0.4, 0.5) is 5.82 Å².